The van der Waals surface area contributed by atoms with Gasteiger partial charge in [0, 0.05) is 25.6 Å². The molecular weight excluding hydrogens is 182 g/mol. The number of rotatable bonds is 5. The molecule has 0 fully saturated rings. The van der Waals surface area contributed by atoms with Gasteiger partial charge in [-0.2, -0.15) is 0 Å². The molecule has 82 valence electrons. The fourth-order valence-corrected chi connectivity index (χ4v) is 0.888. The highest BCUT2D eigenvalue weighted by Gasteiger charge is 2.03. The van der Waals surface area contributed by atoms with E-state index in [0.29, 0.717) is 19.5 Å². The Hall–Kier alpha value is -1.26. The molecule has 0 heterocycles. The van der Waals surface area contributed by atoms with E-state index in [4.69, 9.17) is 0 Å². The Morgan fingerprint density at radius 1 is 1.21 bits per heavy atom. The summed E-state index contributed by atoms with van der Waals surface area (Å²) in [6.45, 7) is 6.60. The summed E-state index contributed by atoms with van der Waals surface area (Å²) in [5.74, 6) is -0.0441. The molecule has 0 aliphatic rings. The van der Waals surface area contributed by atoms with Gasteiger partial charge in [-0.25, -0.2) is 4.79 Å². The van der Waals surface area contributed by atoms with Crippen LogP contribution in [0.5, 0.6) is 0 Å². The molecule has 0 aromatic heterocycles. The van der Waals surface area contributed by atoms with E-state index in [0.717, 1.165) is 0 Å². The van der Waals surface area contributed by atoms with Crippen LogP contribution in [0.15, 0.2) is 0 Å². The van der Waals surface area contributed by atoms with Crippen molar-refractivity contribution in [1.29, 1.82) is 0 Å². The monoisotopic (exact) mass is 201 g/mol. The number of hydrogen-bond donors (Lipinski definition) is 3. The number of nitrogens with one attached hydrogen (secondary N) is 3. The number of amides is 3. The molecule has 0 aromatic carbocycles. The molecule has 0 bridgehead atoms. The summed E-state index contributed by atoms with van der Waals surface area (Å²) < 4.78 is 0. The van der Waals surface area contributed by atoms with Gasteiger partial charge in [0.25, 0.3) is 0 Å². The lowest BCUT2D eigenvalue weighted by Crippen LogP contribution is -2.40. The van der Waals surface area contributed by atoms with Gasteiger partial charge in [-0.3, -0.25) is 4.79 Å². The normalized spacial score (nSPS) is 9.71. The first-order chi connectivity index (χ1) is 6.56. The fraction of sp³-hybridized carbons (Fsp3) is 0.778. The van der Waals surface area contributed by atoms with Crippen LogP contribution in [0.2, 0.25) is 0 Å². The van der Waals surface area contributed by atoms with Gasteiger partial charge in [0.15, 0.2) is 0 Å². The first kappa shape index (κ1) is 12.7. The van der Waals surface area contributed by atoms with Crippen molar-refractivity contribution in [3.05, 3.63) is 0 Å². The Morgan fingerprint density at radius 2 is 1.86 bits per heavy atom. The molecule has 0 atom stereocenters. The van der Waals surface area contributed by atoms with Crippen LogP contribution in [0.1, 0.15) is 27.2 Å². The van der Waals surface area contributed by atoms with Gasteiger partial charge < -0.3 is 16.0 Å². The maximum absolute atomic E-state index is 11.0. The molecule has 0 saturated carbocycles. The van der Waals surface area contributed by atoms with Crippen LogP contribution in [-0.4, -0.2) is 31.1 Å². The highest BCUT2D eigenvalue weighted by molar-refractivity contribution is 5.78. The Bertz CT molecular complexity index is 192. The number of carbonyl (C=O) groups is 2. The molecule has 0 rings (SSSR count). The SMILES string of the molecule is CCNC(=O)CCNC(=O)NC(C)C. The minimum atomic E-state index is -0.232. The summed E-state index contributed by atoms with van der Waals surface area (Å²) >= 11 is 0. The van der Waals surface area contributed by atoms with Crippen molar-refractivity contribution in [2.75, 3.05) is 13.1 Å². The lowest BCUT2D eigenvalue weighted by atomic mass is 10.4. The maximum atomic E-state index is 11.0. The summed E-state index contributed by atoms with van der Waals surface area (Å²) in [5, 5.41) is 7.91. The van der Waals surface area contributed by atoms with Crippen LogP contribution < -0.4 is 16.0 Å². The Morgan fingerprint density at radius 3 is 2.36 bits per heavy atom. The summed E-state index contributed by atoms with van der Waals surface area (Å²) in [6, 6.07) is -0.122. The van der Waals surface area contributed by atoms with E-state index in [-0.39, 0.29) is 18.0 Å². The molecule has 0 saturated heterocycles. The first-order valence-electron chi connectivity index (χ1n) is 4.87. The van der Waals surface area contributed by atoms with Gasteiger partial charge >= 0.3 is 6.03 Å². The second kappa shape index (κ2) is 7.17. The molecule has 5 nitrogen and oxygen atoms in total. The van der Waals surface area contributed by atoms with Crippen LogP contribution in [-0.2, 0) is 4.79 Å². The quantitative estimate of drug-likeness (QED) is 0.595. The average Bonchev–Trinajstić information content (AvgIpc) is 2.02. The Labute approximate surface area is 84.6 Å². The zero-order valence-corrected chi connectivity index (χ0v) is 9.02. The minimum absolute atomic E-state index is 0.0441. The smallest absolute Gasteiger partial charge is 0.315 e. The van der Waals surface area contributed by atoms with E-state index >= 15 is 0 Å². The lowest BCUT2D eigenvalue weighted by Gasteiger charge is -2.09. The van der Waals surface area contributed by atoms with E-state index in [2.05, 4.69) is 16.0 Å². The van der Waals surface area contributed by atoms with Crippen molar-refractivity contribution in [3.8, 4) is 0 Å². The van der Waals surface area contributed by atoms with Crippen molar-refractivity contribution in [3.63, 3.8) is 0 Å². The Kier molecular flexibility index (Phi) is 6.53. The molecule has 5 heteroatoms. The van der Waals surface area contributed by atoms with Crippen LogP contribution in [0.4, 0.5) is 4.79 Å². The molecule has 0 unspecified atom stereocenters. The third kappa shape index (κ3) is 7.39. The van der Waals surface area contributed by atoms with Crippen LogP contribution >= 0.6 is 0 Å². The largest absolute Gasteiger partial charge is 0.356 e. The van der Waals surface area contributed by atoms with Gasteiger partial charge in [0.2, 0.25) is 5.91 Å². The van der Waals surface area contributed by atoms with Gasteiger partial charge in [-0.05, 0) is 20.8 Å². The third-order valence-electron chi connectivity index (χ3n) is 1.43. The summed E-state index contributed by atoms with van der Waals surface area (Å²) in [6.07, 6.45) is 0.319. The summed E-state index contributed by atoms with van der Waals surface area (Å²) in [5.41, 5.74) is 0. The van der Waals surface area contributed by atoms with Gasteiger partial charge in [-0.15, -0.1) is 0 Å². The van der Waals surface area contributed by atoms with Crippen molar-refractivity contribution >= 4 is 11.9 Å². The summed E-state index contributed by atoms with van der Waals surface area (Å²) in [7, 11) is 0. The average molecular weight is 201 g/mol. The Balaban J connectivity index is 3.44. The molecule has 14 heavy (non-hydrogen) atoms. The second-order valence-electron chi connectivity index (χ2n) is 3.26. The van der Waals surface area contributed by atoms with E-state index < -0.39 is 0 Å². The van der Waals surface area contributed by atoms with Crippen molar-refractivity contribution < 1.29 is 9.59 Å². The topological polar surface area (TPSA) is 70.2 Å². The van der Waals surface area contributed by atoms with Gasteiger partial charge in [0.05, 0.1) is 0 Å². The van der Waals surface area contributed by atoms with E-state index in [1.54, 1.807) is 0 Å². The predicted octanol–water partition coefficient (Wildman–Crippen LogP) is 0.220. The molecule has 3 N–H and O–H groups in total. The maximum Gasteiger partial charge on any atom is 0.315 e. The predicted molar refractivity (Wildman–Crippen MR) is 55.0 cm³/mol. The highest BCUT2D eigenvalue weighted by atomic mass is 16.2. The van der Waals surface area contributed by atoms with E-state index in [1.165, 1.54) is 0 Å². The number of hydrogen-bond acceptors (Lipinski definition) is 2. The van der Waals surface area contributed by atoms with Crippen molar-refractivity contribution in [1.82, 2.24) is 16.0 Å². The zero-order chi connectivity index (χ0) is 11.0. The zero-order valence-electron chi connectivity index (χ0n) is 9.02. The highest BCUT2D eigenvalue weighted by Crippen LogP contribution is 1.79. The molecule has 0 spiro atoms. The molecule has 0 aromatic rings. The van der Waals surface area contributed by atoms with Crippen molar-refractivity contribution in [2.45, 2.75) is 33.2 Å². The third-order valence-corrected chi connectivity index (χ3v) is 1.43. The molecule has 0 aliphatic carbocycles. The van der Waals surface area contributed by atoms with Gasteiger partial charge in [-0.1, -0.05) is 0 Å². The molecule has 0 aliphatic heterocycles. The lowest BCUT2D eigenvalue weighted by molar-refractivity contribution is -0.120. The van der Waals surface area contributed by atoms with Crippen LogP contribution in [0.3, 0.4) is 0 Å². The molecular formula is C9H19N3O2. The van der Waals surface area contributed by atoms with Crippen LogP contribution in [0, 0.1) is 0 Å². The summed E-state index contributed by atoms with van der Waals surface area (Å²) in [4.78, 5) is 22.0. The molecule has 3 amide bonds. The second-order valence-corrected chi connectivity index (χ2v) is 3.26. The number of urea groups is 1. The minimum Gasteiger partial charge on any atom is -0.356 e. The van der Waals surface area contributed by atoms with E-state index in [9.17, 15) is 9.59 Å². The van der Waals surface area contributed by atoms with Crippen molar-refractivity contribution in [2.24, 2.45) is 0 Å². The van der Waals surface area contributed by atoms with E-state index in [1.807, 2.05) is 20.8 Å². The standard InChI is InChI=1S/C9H19N3O2/c1-4-10-8(13)5-6-11-9(14)12-7(2)3/h7H,4-6H2,1-3H3,(H,10,13)(H2,11,12,14). The van der Waals surface area contributed by atoms with Crippen LogP contribution in [0.25, 0.3) is 0 Å². The fourth-order valence-electron chi connectivity index (χ4n) is 0.888. The number of carbonyl (C=O) groups excluding carboxylic acids is 2. The first-order valence-corrected chi connectivity index (χ1v) is 4.87. The van der Waals surface area contributed by atoms with Gasteiger partial charge in [0.1, 0.15) is 0 Å². The molecule has 0 radical (unpaired) electrons.